The second kappa shape index (κ2) is 9.24. The molecule has 0 aliphatic heterocycles. The summed E-state index contributed by atoms with van der Waals surface area (Å²) in [7, 11) is -2.25. The fraction of sp³-hybridized carbons (Fsp3) is 0.217. The summed E-state index contributed by atoms with van der Waals surface area (Å²) < 4.78 is 36.1. The van der Waals surface area contributed by atoms with E-state index in [1.165, 1.54) is 18.3 Å². The van der Waals surface area contributed by atoms with E-state index in [1.54, 1.807) is 30.0 Å². The molecule has 0 aliphatic rings. The van der Waals surface area contributed by atoms with E-state index in [2.05, 4.69) is 15.1 Å². The van der Waals surface area contributed by atoms with Gasteiger partial charge in [0.15, 0.2) is 5.82 Å². The van der Waals surface area contributed by atoms with Crippen molar-refractivity contribution in [3.63, 3.8) is 0 Å². The Morgan fingerprint density at radius 1 is 1.12 bits per heavy atom. The number of nitrogens with zero attached hydrogens (tertiary/aromatic N) is 2. The third-order valence-electron chi connectivity index (χ3n) is 5.04. The number of hydrogen-bond acceptors (Lipinski definition) is 6. The zero-order valence-electron chi connectivity index (χ0n) is 18.5. The third-order valence-corrected chi connectivity index (χ3v) is 7.87. The van der Waals surface area contributed by atoms with Gasteiger partial charge in [0, 0.05) is 18.3 Å². The molecule has 0 radical (unpaired) electrons. The van der Waals surface area contributed by atoms with Crippen molar-refractivity contribution in [2.24, 2.45) is 0 Å². The van der Waals surface area contributed by atoms with Crippen LogP contribution in [-0.4, -0.2) is 31.2 Å². The van der Waals surface area contributed by atoms with E-state index in [0.29, 0.717) is 24.2 Å². The highest BCUT2D eigenvalue weighted by Crippen LogP contribution is 2.34. The summed E-state index contributed by atoms with van der Waals surface area (Å²) in [5.74, 6) is 0.643. The van der Waals surface area contributed by atoms with E-state index in [4.69, 9.17) is 4.74 Å². The normalized spacial score (nSPS) is 11.5. The maximum absolute atomic E-state index is 13.0. The van der Waals surface area contributed by atoms with Crippen LogP contribution in [-0.2, 0) is 27.9 Å². The number of nitrogens with one attached hydrogen (secondary N) is 2. The molecule has 2 heterocycles. The number of methoxy groups -OCH3 is 1. The number of benzene rings is 2. The zero-order chi connectivity index (χ0) is 23.6. The zero-order valence-corrected chi connectivity index (χ0v) is 20.1. The highest BCUT2D eigenvalue weighted by Gasteiger charge is 2.22. The van der Waals surface area contributed by atoms with Crippen LogP contribution in [0.15, 0.2) is 58.8 Å². The van der Waals surface area contributed by atoms with E-state index in [-0.39, 0.29) is 15.9 Å². The van der Waals surface area contributed by atoms with Gasteiger partial charge in [0.2, 0.25) is 5.91 Å². The van der Waals surface area contributed by atoms with Gasteiger partial charge >= 0.3 is 0 Å². The molecule has 0 saturated heterocycles. The Kier molecular flexibility index (Phi) is 6.39. The van der Waals surface area contributed by atoms with Crippen LogP contribution in [0.5, 0.6) is 5.75 Å². The minimum atomic E-state index is -3.79. The van der Waals surface area contributed by atoms with Gasteiger partial charge in [-0.3, -0.25) is 14.2 Å². The Hall–Kier alpha value is -3.37. The van der Waals surface area contributed by atoms with Crippen LogP contribution >= 0.6 is 11.3 Å². The molecule has 4 rings (SSSR count). The number of amides is 1. The van der Waals surface area contributed by atoms with Gasteiger partial charge in [0.25, 0.3) is 10.0 Å². The maximum atomic E-state index is 13.0. The van der Waals surface area contributed by atoms with E-state index >= 15 is 0 Å². The molecule has 172 valence electrons. The Balaban J connectivity index is 1.72. The maximum Gasteiger partial charge on any atom is 0.272 e. The van der Waals surface area contributed by atoms with Crippen LogP contribution in [0.2, 0.25) is 0 Å². The average Bonchev–Trinajstić information content (AvgIpc) is 3.37. The minimum absolute atomic E-state index is 0.0940. The molecule has 2 N–H and O–H groups in total. The molecule has 1 amide bonds. The quantitative estimate of drug-likeness (QED) is 0.395. The van der Waals surface area contributed by atoms with Crippen molar-refractivity contribution in [3.8, 4) is 5.75 Å². The van der Waals surface area contributed by atoms with Gasteiger partial charge in [-0.15, -0.1) is 11.3 Å². The first-order valence-electron chi connectivity index (χ1n) is 10.2. The van der Waals surface area contributed by atoms with Crippen molar-refractivity contribution in [2.75, 3.05) is 11.8 Å². The Bertz CT molecular complexity index is 1420. The molecule has 8 nitrogen and oxygen atoms in total. The van der Waals surface area contributed by atoms with Gasteiger partial charge in [0.05, 0.1) is 24.6 Å². The molecule has 10 heteroatoms. The van der Waals surface area contributed by atoms with Crippen LogP contribution < -0.4 is 14.8 Å². The highest BCUT2D eigenvalue weighted by atomic mass is 32.2. The number of ether oxygens (including phenoxy) is 1. The first kappa shape index (κ1) is 22.8. The average molecular weight is 485 g/mol. The number of aryl methyl sites for hydroxylation is 1. The number of thiophene rings is 1. The number of carbonyl (C=O) groups is 1. The van der Waals surface area contributed by atoms with E-state index in [1.807, 2.05) is 43.3 Å². The molecule has 2 aromatic heterocycles. The van der Waals surface area contributed by atoms with Crippen LogP contribution in [0, 0.1) is 6.92 Å². The lowest BCUT2D eigenvalue weighted by molar-refractivity contribution is -0.119. The number of hydrogen-bond donors (Lipinski definition) is 2. The fourth-order valence-corrected chi connectivity index (χ4v) is 5.82. The number of carbonyl (C=O) groups excluding carboxylic acids is 1. The van der Waals surface area contributed by atoms with E-state index in [9.17, 15) is 13.2 Å². The van der Waals surface area contributed by atoms with Gasteiger partial charge in [-0.1, -0.05) is 30.3 Å². The van der Waals surface area contributed by atoms with Crippen LogP contribution in [0.4, 0.5) is 5.82 Å². The third kappa shape index (κ3) is 5.01. The van der Waals surface area contributed by atoms with Gasteiger partial charge in [-0.2, -0.15) is 5.10 Å². The number of fused-ring (bicyclic) bond motifs is 1. The molecule has 0 bridgehead atoms. The molecule has 0 aliphatic carbocycles. The van der Waals surface area contributed by atoms with Crippen LogP contribution in [0.1, 0.15) is 22.9 Å². The van der Waals surface area contributed by atoms with Crippen molar-refractivity contribution in [1.82, 2.24) is 15.1 Å². The molecule has 0 spiro atoms. The summed E-state index contributed by atoms with van der Waals surface area (Å²) in [6.45, 7) is 4.18. The predicted octanol–water partition coefficient (Wildman–Crippen LogP) is 3.90. The van der Waals surface area contributed by atoms with Crippen molar-refractivity contribution in [2.45, 2.75) is 31.1 Å². The summed E-state index contributed by atoms with van der Waals surface area (Å²) in [6.07, 6.45) is 0. The molecule has 0 atom stereocenters. The van der Waals surface area contributed by atoms with Crippen molar-refractivity contribution in [1.29, 1.82) is 0 Å². The SMILES string of the molecule is COc1cccc2c1c(NS(=O)(=O)c1ccc(C)s1)nn2Cc1cccc(CNC(C)=O)c1. The van der Waals surface area contributed by atoms with Crippen molar-refractivity contribution < 1.29 is 17.9 Å². The Morgan fingerprint density at radius 3 is 2.58 bits per heavy atom. The highest BCUT2D eigenvalue weighted by molar-refractivity contribution is 7.94. The lowest BCUT2D eigenvalue weighted by Gasteiger charge is -2.08. The van der Waals surface area contributed by atoms with Crippen LogP contribution in [0.3, 0.4) is 0 Å². The molecule has 33 heavy (non-hydrogen) atoms. The largest absolute Gasteiger partial charge is 0.496 e. The molecular formula is C23H24N4O4S2. The lowest BCUT2D eigenvalue weighted by atomic mass is 10.1. The van der Waals surface area contributed by atoms with Gasteiger partial charge in [-0.25, -0.2) is 8.42 Å². The summed E-state index contributed by atoms with van der Waals surface area (Å²) in [6, 6.07) is 16.6. The number of anilines is 1. The summed E-state index contributed by atoms with van der Waals surface area (Å²) >= 11 is 1.20. The van der Waals surface area contributed by atoms with Crippen molar-refractivity contribution >= 4 is 44.0 Å². The number of aromatic nitrogens is 2. The monoisotopic (exact) mass is 484 g/mol. The predicted molar refractivity (Wildman–Crippen MR) is 129 cm³/mol. The first-order valence-corrected chi connectivity index (χ1v) is 12.5. The standard InChI is InChI=1S/C23H24N4O4S2/c1-15-10-11-21(32-15)33(29,30)26-23-22-19(8-5-9-20(22)31-3)27(25-23)14-18-7-4-6-17(12-18)13-24-16(2)28/h4-12H,13-14H2,1-3H3,(H,24,28)(H,25,26). The van der Waals surface area contributed by atoms with Gasteiger partial charge in [-0.05, 0) is 42.3 Å². The Labute approximate surface area is 196 Å². The second-order valence-electron chi connectivity index (χ2n) is 7.56. The fourth-order valence-electron chi connectivity index (χ4n) is 3.53. The summed E-state index contributed by atoms with van der Waals surface area (Å²) in [5, 5.41) is 7.98. The van der Waals surface area contributed by atoms with E-state index in [0.717, 1.165) is 21.5 Å². The number of rotatable bonds is 8. The smallest absolute Gasteiger partial charge is 0.272 e. The molecule has 0 saturated carbocycles. The minimum Gasteiger partial charge on any atom is -0.496 e. The van der Waals surface area contributed by atoms with Gasteiger partial charge < -0.3 is 10.1 Å². The Morgan fingerprint density at radius 2 is 1.88 bits per heavy atom. The van der Waals surface area contributed by atoms with Crippen molar-refractivity contribution in [3.05, 3.63) is 70.6 Å². The number of sulfonamides is 1. The molecule has 0 fully saturated rings. The molecule has 0 unspecified atom stereocenters. The topological polar surface area (TPSA) is 102 Å². The lowest BCUT2D eigenvalue weighted by Crippen LogP contribution is -2.19. The van der Waals surface area contributed by atoms with E-state index < -0.39 is 10.0 Å². The molecule has 4 aromatic rings. The second-order valence-corrected chi connectivity index (χ2v) is 10.8. The summed E-state index contributed by atoms with van der Waals surface area (Å²) in [5.41, 5.74) is 2.67. The molecular weight excluding hydrogens is 460 g/mol. The van der Waals surface area contributed by atoms with Crippen LogP contribution in [0.25, 0.3) is 10.9 Å². The first-order chi connectivity index (χ1) is 15.8. The molecule has 2 aromatic carbocycles. The van der Waals surface area contributed by atoms with Gasteiger partial charge in [0.1, 0.15) is 9.96 Å². The summed E-state index contributed by atoms with van der Waals surface area (Å²) in [4.78, 5) is 12.1.